The first-order chi connectivity index (χ1) is 9.60. The summed E-state index contributed by atoms with van der Waals surface area (Å²) < 4.78 is 4.94. The average molecular weight is 286 g/mol. The smallest absolute Gasteiger partial charge is 0.223 e. The van der Waals surface area contributed by atoms with E-state index in [2.05, 4.69) is 24.1 Å². The number of amides is 1. The van der Waals surface area contributed by atoms with E-state index in [-0.39, 0.29) is 11.8 Å². The van der Waals surface area contributed by atoms with Crippen LogP contribution in [0.2, 0.25) is 0 Å². The van der Waals surface area contributed by atoms with Crippen molar-refractivity contribution in [2.75, 3.05) is 33.4 Å². The maximum absolute atomic E-state index is 12.0. The monoisotopic (exact) mass is 286 g/mol. The Morgan fingerprint density at radius 2 is 1.95 bits per heavy atom. The van der Waals surface area contributed by atoms with Gasteiger partial charge >= 0.3 is 0 Å². The van der Waals surface area contributed by atoms with Crippen molar-refractivity contribution in [3.8, 4) is 0 Å². The van der Waals surface area contributed by atoms with E-state index in [9.17, 15) is 9.90 Å². The third-order valence-electron chi connectivity index (χ3n) is 4.12. The summed E-state index contributed by atoms with van der Waals surface area (Å²) in [5.74, 6) is 0.351. The molecule has 1 aliphatic heterocycles. The second-order valence-electron chi connectivity index (χ2n) is 5.71. The fourth-order valence-electron chi connectivity index (χ4n) is 2.78. The van der Waals surface area contributed by atoms with E-state index in [1.807, 2.05) is 0 Å². The SMILES string of the molecule is CCC(CC)C(=O)NC1CCN(CC(O)COC)CC1. The molecule has 5 nitrogen and oxygen atoms in total. The van der Waals surface area contributed by atoms with Crippen LogP contribution in [0.1, 0.15) is 39.5 Å². The predicted octanol–water partition coefficient (Wildman–Crippen LogP) is 1.01. The van der Waals surface area contributed by atoms with Gasteiger partial charge < -0.3 is 20.1 Å². The number of methoxy groups -OCH3 is 1. The van der Waals surface area contributed by atoms with Crippen LogP contribution in [0.25, 0.3) is 0 Å². The van der Waals surface area contributed by atoms with Gasteiger partial charge in [0.1, 0.15) is 0 Å². The summed E-state index contributed by atoms with van der Waals surface area (Å²) >= 11 is 0. The van der Waals surface area contributed by atoms with Crippen LogP contribution in [0.5, 0.6) is 0 Å². The lowest BCUT2D eigenvalue weighted by molar-refractivity contribution is -0.126. The maximum atomic E-state index is 12.0. The summed E-state index contributed by atoms with van der Waals surface area (Å²) in [6.45, 7) is 7.01. The van der Waals surface area contributed by atoms with Crippen molar-refractivity contribution < 1.29 is 14.6 Å². The van der Waals surface area contributed by atoms with Gasteiger partial charge in [0.05, 0.1) is 12.7 Å². The minimum atomic E-state index is -0.421. The molecular weight excluding hydrogens is 256 g/mol. The largest absolute Gasteiger partial charge is 0.389 e. The van der Waals surface area contributed by atoms with Crippen molar-refractivity contribution in [1.82, 2.24) is 10.2 Å². The molecule has 1 atom stereocenters. The minimum absolute atomic E-state index is 0.150. The van der Waals surface area contributed by atoms with Crippen LogP contribution in [0.4, 0.5) is 0 Å². The molecule has 2 N–H and O–H groups in total. The molecule has 1 unspecified atom stereocenters. The number of carbonyl (C=O) groups is 1. The number of aliphatic hydroxyl groups is 1. The number of ether oxygens (including phenoxy) is 1. The highest BCUT2D eigenvalue weighted by Gasteiger charge is 2.24. The summed E-state index contributed by atoms with van der Waals surface area (Å²) in [6, 6.07) is 0.291. The lowest BCUT2D eigenvalue weighted by Crippen LogP contribution is -2.48. The van der Waals surface area contributed by atoms with Crippen LogP contribution >= 0.6 is 0 Å². The van der Waals surface area contributed by atoms with E-state index in [0.717, 1.165) is 38.8 Å². The molecule has 0 aliphatic carbocycles. The first kappa shape index (κ1) is 17.4. The van der Waals surface area contributed by atoms with E-state index in [1.54, 1.807) is 7.11 Å². The third-order valence-corrected chi connectivity index (χ3v) is 4.12. The highest BCUT2D eigenvalue weighted by atomic mass is 16.5. The number of piperidine rings is 1. The van der Waals surface area contributed by atoms with Crippen LogP contribution in [-0.2, 0) is 9.53 Å². The zero-order chi connectivity index (χ0) is 15.0. The molecular formula is C15H30N2O3. The highest BCUT2D eigenvalue weighted by Crippen LogP contribution is 2.13. The maximum Gasteiger partial charge on any atom is 0.223 e. The van der Waals surface area contributed by atoms with Crippen LogP contribution in [0.15, 0.2) is 0 Å². The second-order valence-corrected chi connectivity index (χ2v) is 5.71. The summed E-state index contributed by atoms with van der Waals surface area (Å²) in [6.07, 6.45) is 3.32. The third kappa shape index (κ3) is 5.77. The molecule has 1 heterocycles. The van der Waals surface area contributed by atoms with Crippen molar-refractivity contribution in [2.24, 2.45) is 5.92 Å². The Morgan fingerprint density at radius 3 is 2.45 bits per heavy atom. The first-order valence-corrected chi connectivity index (χ1v) is 7.80. The van der Waals surface area contributed by atoms with Gasteiger partial charge in [0.15, 0.2) is 0 Å². The molecule has 1 amide bonds. The van der Waals surface area contributed by atoms with Gasteiger partial charge in [-0.15, -0.1) is 0 Å². The normalized spacial score (nSPS) is 19.2. The van der Waals surface area contributed by atoms with E-state index in [4.69, 9.17) is 4.74 Å². The van der Waals surface area contributed by atoms with Crippen LogP contribution in [0.3, 0.4) is 0 Å². The molecule has 0 aromatic carbocycles. The summed E-state index contributed by atoms with van der Waals surface area (Å²) in [5.41, 5.74) is 0. The lowest BCUT2D eigenvalue weighted by atomic mass is 9.99. The van der Waals surface area contributed by atoms with Gasteiger partial charge in [0, 0.05) is 38.7 Å². The summed E-state index contributed by atoms with van der Waals surface area (Å²) in [7, 11) is 1.60. The number of hydrogen-bond donors (Lipinski definition) is 2. The Bertz CT molecular complexity index is 274. The van der Waals surface area contributed by atoms with Gasteiger partial charge in [-0.05, 0) is 25.7 Å². The van der Waals surface area contributed by atoms with E-state index in [0.29, 0.717) is 19.2 Å². The van der Waals surface area contributed by atoms with Gasteiger partial charge in [-0.3, -0.25) is 4.79 Å². The van der Waals surface area contributed by atoms with Crippen molar-refractivity contribution >= 4 is 5.91 Å². The fourth-order valence-corrected chi connectivity index (χ4v) is 2.78. The Labute approximate surface area is 122 Å². The molecule has 1 fully saturated rings. The van der Waals surface area contributed by atoms with Gasteiger partial charge in [-0.2, -0.15) is 0 Å². The van der Waals surface area contributed by atoms with Crippen molar-refractivity contribution in [1.29, 1.82) is 0 Å². The molecule has 1 aliphatic rings. The van der Waals surface area contributed by atoms with Gasteiger partial charge in [0.2, 0.25) is 5.91 Å². The zero-order valence-corrected chi connectivity index (χ0v) is 13.1. The number of hydrogen-bond acceptors (Lipinski definition) is 4. The quantitative estimate of drug-likeness (QED) is 0.699. The summed E-state index contributed by atoms with van der Waals surface area (Å²) in [5, 5.41) is 12.9. The molecule has 0 saturated carbocycles. The van der Waals surface area contributed by atoms with Crippen LogP contribution in [0, 0.1) is 5.92 Å². The predicted molar refractivity (Wildman–Crippen MR) is 79.6 cm³/mol. The molecule has 0 radical (unpaired) electrons. The molecule has 0 aromatic rings. The van der Waals surface area contributed by atoms with Crippen molar-refractivity contribution in [2.45, 2.75) is 51.7 Å². The molecule has 1 rings (SSSR count). The van der Waals surface area contributed by atoms with Crippen LogP contribution in [-0.4, -0.2) is 61.4 Å². The number of rotatable bonds is 8. The molecule has 118 valence electrons. The fraction of sp³-hybridized carbons (Fsp3) is 0.933. The molecule has 1 saturated heterocycles. The molecule has 20 heavy (non-hydrogen) atoms. The Hall–Kier alpha value is -0.650. The summed E-state index contributed by atoms with van der Waals surface area (Å²) in [4.78, 5) is 14.3. The number of likely N-dealkylation sites (tertiary alicyclic amines) is 1. The Kier molecular flexibility index (Phi) is 8.11. The van der Waals surface area contributed by atoms with Crippen molar-refractivity contribution in [3.63, 3.8) is 0 Å². The lowest BCUT2D eigenvalue weighted by Gasteiger charge is -2.33. The molecule has 0 aromatic heterocycles. The highest BCUT2D eigenvalue weighted by molar-refractivity contribution is 5.78. The Balaban J connectivity index is 2.26. The number of aliphatic hydroxyl groups excluding tert-OH is 1. The number of carbonyl (C=O) groups excluding carboxylic acids is 1. The molecule has 0 spiro atoms. The van der Waals surface area contributed by atoms with Gasteiger partial charge in [0.25, 0.3) is 0 Å². The average Bonchev–Trinajstić information content (AvgIpc) is 2.42. The first-order valence-electron chi connectivity index (χ1n) is 7.80. The van der Waals surface area contributed by atoms with E-state index < -0.39 is 6.10 Å². The molecule has 0 bridgehead atoms. The van der Waals surface area contributed by atoms with E-state index in [1.165, 1.54) is 0 Å². The molecule has 5 heteroatoms. The number of nitrogens with zero attached hydrogens (tertiary/aromatic N) is 1. The number of β-amino-alcohol motifs (C(OH)–C–C–N with tert-alkyl or cyclic N) is 1. The van der Waals surface area contributed by atoms with Crippen molar-refractivity contribution in [3.05, 3.63) is 0 Å². The standard InChI is InChI=1S/C15H30N2O3/c1-4-12(5-2)15(19)16-13-6-8-17(9-7-13)10-14(18)11-20-3/h12-14,18H,4-11H2,1-3H3,(H,16,19). The second kappa shape index (κ2) is 9.32. The zero-order valence-electron chi connectivity index (χ0n) is 13.1. The van der Waals surface area contributed by atoms with Gasteiger partial charge in [-0.1, -0.05) is 13.8 Å². The minimum Gasteiger partial charge on any atom is -0.389 e. The Morgan fingerprint density at radius 1 is 1.35 bits per heavy atom. The topological polar surface area (TPSA) is 61.8 Å². The van der Waals surface area contributed by atoms with Gasteiger partial charge in [-0.25, -0.2) is 0 Å². The van der Waals surface area contributed by atoms with E-state index >= 15 is 0 Å². The number of nitrogens with one attached hydrogen (secondary N) is 1. The van der Waals surface area contributed by atoms with Crippen LogP contribution < -0.4 is 5.32 Å².